The third-order valence-electron chi connectivity index (χ3n) is 6.58. The van der Waals surface area contributed by atoms with E-state index < -0.39 is 11.6 Å². The number of methoxy groups -OCH3 is 1. The van der Waals surface area contributed by atoms with Crippen LogP contribution < -0.4 is 20.1 Å². The molecule has 1 amide bonds. The normalized spacial score (nSPS) is 23.0. The van der Waals surface area contributed by atoms with E-state index in [1.165, 1.54) is 0 Å². The van der Waals surface area contributed by atoms with Crippen LogP contribution in [0, 0.1) is 19.8 Å². The van der Waals surface area contributed by atoms with Crippen molar-refractivity contribution in [2.24, 2.45) is 5.92 Å². The molecule has 7 nitrogen and oxygen atoms in total. The number of hydrogen-bond acceptors (Lipinski definition) is 5. The van der Waals surface area contributed by atoms with Gasteiger partial charge in [-0.2, -0.15) is 0 Å². The van der Waals surface area contributed by atoms with Gasteiger partial charge in [0.25, 0.3) is 0 Å². The van der Waals surface area contributed by atoms with Gasteiger partial charge in [-0.05, 0) is 64.0 Å². The highest BCUT2D eigenvalue weighted by molar-refractivity contribution is 7.80. The lowest BCUT2D eigenvalue weighted by Gasteiger charge is -2.56. The number of amides is 1. The number of nitrogens with zero attached hydrogens (tertiary/aromatic N) is 1. The molecule has 0 spiro atoms. The van der Waals surface area contributed by atoms with Crippen LogP contribution in [0.5, 0.6) is 11.5 Å². The number of aryl methyl sites for hydroxylation is 2. The minimum absolute atomic E-state index is 0.126. The number of nitrogens with one attached hydrogen (secondary N) is 2. The van der Waals surface area contributed by atoms with Gasteiger partial charge in [0.15, 0.2) is 22.3 Å². The summed E-state index contributed by atoms with van der Waals surface area (Å²) in [4.78, 5) is 15.8. The number of thiocarbonyl (C=S) groups is 1. The number of hydrogen-bond donors (Lipinski definition) is 2. The Morgan fingerprint density at radius 1 is 1.29 bits per heavy atom. The summed E-state index contributed by atoms with van der Waals surface area (Å²) in [7, 11) is 1.67. The van der Waals surface area contributed by atoms with Crippen molar-refractivity contribution in [1.82, 2.24) is 10.2 Å². The van der Waals surface area contributed by atoms with Gasteiger partial charge in [-0.15, -0.1) is 0 Å². The zero-order valence-corrected chi connectivity index (χ0v) is 21.3. The number of benzene rings is 2. The summed E-state index contributed by atoms with van der Waals surface area (Å²) in [5, 5.41) is 7.15. The monoisotopic (exact) mass is 483 g/mol. The highest BCUT2D eigenvalue weighted by Gasteiger charge is 2.59. The molecule has 3 atom stereocenters. The topological polar surface area (TPSA) is 72.1 Å². The Kier molecular flexibility index (Phi) is 7.00. The minimum Gasteiger partial charge on any atom is -0.490 e. The fourth-order valence-corrected chi connectivity index (χ4v) is 5.36. The van der Waals surface area contributed by atoms with Crippen LogP contribution in [-0.4, -0.2) is 48.5 Å². The second-order valence-electron chi connectivity index (χ2n) is 8.97. The van der Waals surface area contributed by atoms with E-state index in [2.05, 4.69) is 16.7 Å². The Morgan fingerprint density at radius 3 is 2.79 bits per heavy atom. The maximum Gasteiger partial charge on any atom is 0.236 e. The summed E-state index contributed by atoms with van der Waals surface area (Å²) in [6, 6.07) is 11.4. The number of carbonyl (C=O) groups is 1. The fraction of sp³-hybridized carbons (Fsp3) is 0.462. The SMILES string of the molecule is CCOc1cccc2c1O[C@]1(C)[C@@H](C(=O)Nc3ccc(C)cc3C)[C@@H]2NC(=S)N1CCCOC. The van der Waals surface area contributed by atoms with E-state index in [0.29, 0.717) is 36.4 Å². The van der Waals surface area contributed by atoms with Crippen molar-refractivity contribution in [2.75, 3.05) is 32.2 Å². The molecule has 4 rings (SSSR count). The van der Waals surface area contributed by atoms with E-state index in [0.717, 1.165) is 28.8 Å². The van der Waals surface area contributed by atoms with Crippen LogP contribution in [0.4, 0.5) is 5.69 Å². The van der Waals surface area contributed by atoms with Crippen LogP contribution in [0.3, 0.4) is 0 Å². The molecule has 34 heavy (non-hydrogen) atoms. The van der Waals surface area contributed by atoms with Gasteiger partial charge in [0.2, 0.25) is 5.91 Å². The summed E-state index contributed by atoms with van der Waals surface area (Å²) >= 11 is 5.75. The van der Waals surface area contributed by atoms with Gasteiger partial charge in [-0.25, -0.2) is 0 Å². The minimum atomic E-state index is -1.01. The zero-order chi connectivity index (χ0) is 24.5. The van der Waals surface area contributed by atoms with Crippen molar-refractivity contribution in [2.45, 2.75) is 45.9 Å². The van der Waals surface area contributed by atoms with Crippen LogP contribution in [-0.2, 0) is 9.53 Å². The second-order valence-corrected chi connectivity index (χ2v) is 9.36. The Labute approximate surface area is 206 Å². The van der Waals surface area contributed by atoms with Crippen molar-refractivity contribution < 1.29 is 19.0 Å². The van der Waals surface area contributed by atoms with Crippen LogP contribution >= 0.6 is 12.2 Å². The summed E-state index contributed by atoms with van der Waals surface area (Å²) in [6.45, 7) is 9.60. The molecule has 2 aromatic carbocycles. The first-order valence-electron chi connectivity index (χ1n) is 11.7. The van der Waals surface area contributed by atoms with Crippen molar-refractivity contribution in [1.29, 1.82) is 0 Å². The first-order valence-corrected chi connectivity index (χ1v) is 12.1. The van der Waals surface area contributed by atoms with Gasteiger partial charge >= 0.3 is 0 Å². The molecule has 1 saturated heterocycles. The molecule has 2 bridgehead atoms. The maximum absolute atomic E-state index is 13.9. The number of anilines is 1. The Bertz CT molecular complexity index is 1090. The van der Waals surface area contributed by atoms with Crippen LogP contribution in [0.1, 0.15) is 43.0 Å². The molecule has 182 valence electrons. The molecule has 1 fully saturated rings. The number of fused-ring (bicyclic) bond motifs is 4. The Morgan fingerprint density at radius 2 is 2.09 bits per heavy atom. The van der Waals surface area contributed by atoms with E-state index in [4.69, 9.17) is 26.4 Å². The Balaban J connectivity index is 1.76. The molecule has 2 N–H and O–H groups in total. The lowest BCUT2D eigenvalue weighted by atomic mass is 9.78. The third-order valence-corrected chi connectivity index (χ3v) is 6.91. The molecule has 2 aromatic rings. The molecule has 2 aliphatic rings. The molecule has 0 unspecified atom stereocenters. The fourth-order valence-electron chi connectivity index (χ4n) is 4.96. The summed E-state index contributed by atoms with van der Waals surface area (Å²) in [5.41, 5.74) is 2.81. The first-order chi connectivity index (χ1) is 16.3. The predicted molar refractivity (Wildman–Crippen MR) is 136 cm³/mol. The maximum atomic E-state index is 13.9. The zero-order valence-electron chi connectivity index (χ0n) is 20.4. The molecule has 8 heteroatoms. The van der Waals surface area contributed by atoms with Gasteiger partial charge < -0.3 is 29.7 Å². The predicted octanol–water partition coefficient (Wildman–Crippen LogP) is 4.33. The van der Waals surface area contributed by atoms with Crippen LogP contribution in [0.15, 0.2) is 36.4 Å². The van der Waals surface area contributed by atoms with Crippen LogP contribution in [0.25, 0.3) is 0 Å². The summed E-state index contributed by atoms with van der Waals surface area (Å²) < 4.78 is 17.8. The summed E-state index contributed by atoms with van der Waals surface area (Å²) in [6.07, 6.45) is 0.743. The lowest BCUT2D eigenvalue weighted by Crippen LogP contribution is -2.71. The highest BCUT2D eigenvalue weighted by atomic mass is 32.1. The quantitative estimate of drug-likeness (QED) is 0.428. The lowest BCUT2D eigenvalue weighted by molar-refractivity contribution is -0.150. The van der Waals surface area contributed by atoms with Crippen molar-refractivity contribution in [3.63, 3.8) is 0 Å². The van der Waals surface area contributed by atoms with E-state index in [1.807, 2.05) is 62.9 Å². The van der Waals surface area contributed by atoms with E-state index in [9.17, 15) is 4.79 Å². The largest absolute Gasteiger partial charge is 0.490 e. The molecule has 0 aromatic heterocycles. The number of rotatable bonds is 8. The molecular weight excluding hydrogens is 450 g/mol. The van der Waals surface area contributed by atoms with Gasteiger partial charge in [-0.1, -0.05) is 29.8 Å². The average molecular weight is 484 g/mol. The molecule has 2 heterocycles. The van der Waals surface area contributed by atoms with Gasteiger partial charge in [0.05, 0.1) is 12.6 Å². The molecular formula is C26H33N3O4S. The smallest absolute Gasteiger partial charge is 0.236 e. The van der Waals surface area contributed by atoms with Crippen molar-refractivity contribution >= 4 is 28.9 Å². The number of para-hydroxylation sites is 1. The van der Waals surface area contributed by atoms with Crippen molar-refractivity contribution in [3.05, 3.63) is 53.1 Å². The molecule has 2 aliphatic heterocycles. The van der Waals surface area contributed by atoms with Gasteiger partial charge in [0, 0.05) is 31.5 Å². The van der Waals surface area contributed by atoms with E-state index in [1.54, 1.807) is 7.11 Å². The Hall–Kier alpha value is -2.84. The molecule has 0 radical (unpaired) electrons. The average Bonchev–Trinajstić information content (AvgIpc) is 2.78. The highest BCUT2D eigenvalue weighted by Crippen LogP contribution is 2.51. The number of carbonyl (C=O) groups excluding carboxylic acids is 1. The van der Waals surface area contributed by atoms with Gasteiger partial charge in [-0.3, -0.25) is 4.79 Å². The molecule has 0 saturated carbocycles. The summed E-state index contributed by atoms with van der Waals surface area (Å²) in [5.74, 6) is 0.626. The first kappa shape index (κ1) is 24.3. The van der Waals surface area contributed by atoms with E-state index in [-0.39, 0.29) is 11.9 Å². The molecule has 0 aliphatic carbocycles. The standard InChI is InChI=1S/C26H33N3O4S/c1-6-32-20-10-7-9-18-22-21(24(30)27-19-12-11-16(2)15-17(19)3)26(4,33-23(18)20)29(25(34)28-22)13-8-14-31-5/h7,9-12,15,21-22H,6,8,13-14H2,1-5H3,(H,27,30)(H,28,34)/t21-,22-,26-/m1/s1. The second kappa shape index (κ2) is 9.80. The van der Waals surface area contributed by atoms with Crippen LogP contribution in [0.2, 0.25) is 0 Å². The van der Waals surface area contributed by atoms with E-state index >= 15 is 0 Å². The van der Waals surface area contributed by atoms with Crippen molar-refractivity contribution in [3.8, 4) is 11.5 Å². The number of ether oxygens (including phenoxy) is 3. The third kappa shape index (κ3) is 4.32. The van der Waals surface area contributed by atoms with Gasteiger partial charge in [0.1, 0.15) is 5.92 Å².